The highest BCUT2D eigenvalue weighted by molar-refractivity contribution is 5.94. The molecule has 4 heteroatoms. The Labute approximate surface area is 154 Å². The number of fused-ring (bicyclic) bond motifs is 1. The number of H-pyrrole nitrogens is 1. The molecular formula is C22H25N3O. The first-order valence-electron chi connectivity index (χ1n) is 9.66. The van der Waals surface area contributed by atoms with E-state index in [-0.39, 0.29) is 5.91 Å². The van der Waals surface area contributed by atoms with Crippen molar-refractivity contribution in [2.75, 3.05) is 0 Å². The summed E-state index contributed by atoms with van der Waals surface area (Å²) < 4.78 is 0. The average Bonchev–Trinajstić information content (AvgIpc) is 3.08. The minimum absolute atomic E-state index is 0.0340. The van der Waals surface area contributed by atoms with Gasteiger partial charge in [-0.25, -0.2) is 4.98 Å². The van der Waals surface area contributed by atoms with Gasteiger partial charge in [0.2, 0.25) is 0 Å². The SMILES string of the molecule is O=C(NC1CCCCCCC1)c1ccc(-c2nc3ccccc3[nH]2)cc1. The van der Waals surface area contributed by atoms with Gasteiger partial charge in [-0.05, 0) is 37.1 Å². The van der Waals surface area contributed by atoms with E-state index in [1.54, 1.807) is 0 Å². The average molecular weight is 347 g/mol. The fourth-order valence-electron chi connectivity index (χ4n) is 3.74. The second kappa shape index (κ2) is 7.73. The van der Waals surface area contributed by atoms with Crippen LogP contribution in [0.4, 0.5) is 0 Å². The molecule has 2 N–H and O–H groups in total. The predicted molar refractivity (Wildman–Crippen MR) is 105 cm³/mol. The summed E-state index contributed by atoms with van der Waals surface area (Å²) in [7, 11) is 0. The lowest BCUT2D eigenvalue weighted by atomic mass is 9.96. The Hall–Kier alpha value is -2.62. The molecule has 0 saturated heterocycles. The van der Waals surface area contributed by atoms with Gasteiger partial charge in [-0.3, -0.25) is 4.79 Å². The van der Waals surface area contributed by atoms with Crippen molar-refractivity contribution < 1.29 is 4.79 Å². The number of rotatable bonds is 3. The van der Waals surface area contributed by atoms with Crippen molar-refractivity contribution in [1.29, 1.82) is 0 Å². The van der Waals surface area contributed by atoms with E-state index in [1.165, 1.54) is 32.1 Å². The molecule has 3 aromatic rings. The number of hydrogen-bond acceptors (Lipinski definition) is 2. The molecule has 134 valence electrons. The Morgan fingerprint density at radius 1 is 0.923 bits per heavy atom. The number of benzene rings is 2. The lowest BCUT2D eigenvalue weighted by Gasteiger charge is -2.21. The fourth-order valence-corrected chi connectivity index (χ4v) is 3.74. The Morgan fingerprint density at radius 2 is 1.62 bits per heavy atom. The van der Waals surface area contributed by atoms with Crippen LogP contribution in [0.2, 0.25) is 0 Å². The van der Waals surface area contributed by atoms with Gasteiger partial charge in [0.1, 0.15) is 5.82 Å². The maximum absolute atomic E-state index is 12.6. The van der Waals surface area contributed by atoms with Crippen molar-refractivity contribution in [2.24, 2.45) is 0 Å². The largest absolute Gasteiger partial charge is 0.349 e. The minimum atomic E-state index is 0.0340. The maximum Gasteiger partial charge on any atom is 0.251 e. The zero-order valence-electron chi connectivity index (χ0n) is 15.0. The van der Waals surface area contributed by atoms with Crippen LogP contribution in [0.25, 0.3) is 22.4 Å². The summed E-state index contributed by atoms with van der Waals surface area (Å²) in [6, 6.07) is 16.0. The number of amides is 1. The molecule has 2 aromatic carbocycles. The molecule has 1 fully saturated rings. The lowest BCUT2D eigenvalue weighted by Crippen LogP contribution is -2.35. The van der Waals surface area contributed by atoms with Crippen molar-refractivity contribution in [3.05, 3.63) is 54.1 Å². The molecule has 0 radical (unpaired) electrons. The first-order chi connectivity index (χ1) is 12.8. The Kier molecular flexibility index (Phi) is 5.00. The summed E-state index contributed by atoms with van der Waals surface area (Å²) in [5.41, 5.74) is 3.68. The first-order valence-corrected chi connectivity index (χ1v) is 9.66. The van der Waals surface area contributed by atoms with Gasteiger partial charge in [-0.1, -0.05) is 56.4 Å². The van der Waals surface area contributed by atoms with Gasteiger partial charge < -0.3 is 10.3 Å². The smallest absolute Gasteiger partial charge is 0.251 e. The van der Waals surface area contributed by atoms with E-state index >= 15 is 0 Å². The first kappa shape index (κ1) is 16.8. The van der Waals surface area contributed by atoms with E-state index < -0.39 is 0 Å². The second-order valence-corrected chi connectivity index (χ2v) is 7.20. The van der Waals surface area contributed by atoms with Gasteiger partial charge >= 0.3 is 0 Å². The molecule has 0 spiro atoms. The molecule has 1 aliphatic carbocycles. The zero-order valence-corrected chi connectivity index (χ0v) is 15.0. The topological polar surface area (TPSA) is 57.8 Å². The molecule has 4 nitrogen and oxygen atoms in total. The van der Waals surface area contributed by atoms with Gasteiger partial charge in [-0.15, -0.1) is 0 Å². The van der Waals surface area contributed by atoms with Crippen LogP contribution >= 0.6 is 0 Å². The molecular weight excluding hydrogens is 322 g/mol. The Bertz CT molecular complexity index is 841. The fraction of sp³-hybridized carbons (Fsp3) is 0.364. The molecule has 0 unspecified atom stereocenters. The molecule has 0 atom stereocenters. The van der Waals surface area contributed by atoms with Crippen LogP contribution in [0.15, 0.2) is 48.5 Å². The highest BCUT2D eigenvalue weighted by Crippen LogP contribution is 2.21. The molecule has 0 aliphatic heterocycles. The number of aromatic nitrogens is 2. The van der Waals surface area contributed by atoms with Gasteiger partial charge in [0.05, 0.1) is 11.0 Å². The molecule has 1 aromatic heterocycles. The quantitative estimate of drug-likeness (QED) is 0.695. The predicted octanol–water partition coefficient (Wildman–Crippen LogP) is 5.07. The third-order valence-corrected chi connectivity index (χ3v) is 5.25. The number of imidazole rings is 1. The van der Waals surface area contributed by atoms with E-state index in [0.29, 0.717) is 11.6 Å². The Balaban J connectivity index is 1.45. The van der Waals surface area contributed by atoms with Crippen LogP contribution in [0, 0.1) is 0 Å². The second-order valence-electron chi connectivity index (χ2n) is 7.20. The van der Waals surface area contributed by atoms with Crippen LogP contribution in [0.3, 0.4) is 0 Å². The van der Waals surface area contributed by atoms with E-state index in [0.717, 1.165) is 35.3 Å². The molecule has 1 saturated carbocycles. The van der Waals surface area contributed by atoms with Gasteiger partial charge in [0.25, 0.3) is 5.91 Å². The maximum atomic E-state index is 12.6. The third kappa shape index (κ3) is 3.79. The monoisotopic (exact) mass is 347 g/mol. The summed E-state index contributed by atoms with van der Waals surface area (Å²) in [5, 5.41) is 3.22. The van der Waals surface area contributed by atoms with E-state index in [1.807, 2.05) is 48.5 Å². The Morgan fingerprint density at radius 3 is 2.35 bits per heavy atom. The molecule has 4 rings (SSSR count). The van der Waals surface area contributed by atoms with E-state index in [9.17, 15) is 4.79 Å². The highest BCUT2D eigenvalue weighted by atomic mass is 16.1. The zero-order chi connectivity index (χ0) is 17.8. The normalized spacial score (nSPS) is 16.2. The summed E-state index contributed by atoms with van der Waals surface area (Å²) in [5.74, 6) is 0.866. The number of nitrogens with one attached hydrogen (secondary N) is 2. The summed E-state index contributed by atoms with van der Waals surface area (Å²) in [6.07, 6.45) is 8.55. The van der Waals surface area contributed by atoms with Crippen LogP contribution < -0.4 is 5.32 Å². The number of aromatic amines is 1. The molecule has 1 aliphatic rings. The van der Waals surface area contributed by atoms with Crippen molar-refractivity contribution in [3.63, 3.8) is 0 Å². The van der Waals surface area contributed by atoms with Crippen LogP contribution in [-0.2, 0) is 0 Å². The van der Waals surface area contributed by atoms with Crippen molar-refractivity contribution >= 4 is 16.9 Å². The molecule has 1 amide bonds. The van der Waals surface area contributed by atoms with Crippen molar-refractivity contribution in [2.45, 2.75) is 51.0 Å². The number of nitrogens with zero attached hydrogens (tertiary/aromatic N) is 1. The molecule has 0 bridgehead atoms. The minimum Gasteiger partial charge on any atom is -0.349 e. The van der Waals surface area contributed by atoms with Gasteiger partial charge in [-0.2, -0.15) is 0 Å². The molecule has 26 heavy (non-hydrogen) atoms. The number of hydrogen-bond donors (Lipinski definition) is 2. The van der Waals surface area contributed by atoms with Crippen LogP contribution in [-0.4, -0.2) is 21.9 Å². The van der Waals surface area contributed by atoms with E-state index in [4.69, 9.17) is 0 Å². The third-order valence-electron chi connectivity index (χ3n) is 5.25. The van der Waals surface area contributed by atoms with Crippen molar-refractivity contribution in [3.8, 4) is 11.4 Å². The number of carbonyl (C=O) groups excluding carboxylic acids is 1. The number of carbonyl (C=O) groups is 1. The van der Waals surface area contributed by atoms with Gasteiger partial charge in [0.15, 0.2) is 0 Å². The van der Waals surface area contributed by atoms with E-state index in [2.05, 4.69) is 15.3 Å². The van der Waals surface area contributed by atoms with Crippen molar-refractivity contribution in [1.82, 2.24) is 15.3 Å². The standard InChI is InChI=1S/C22H25N3O/c26-22(23-18-8-4-2-1-3-5-9-18)17-14-12-16(13-15-17)21-24-19-10-6-7-11-20(19)25-21/h6-7,10-15,18H,1-5,8-9H2,(H,23,26)(H,24,25). The van der Waals surface area contributed by atoms with Crippen LogP contribution in [0.5, 0.6) is 0 Å². The summed E-state index contributed by atoms with van der Waals surface area (Å²) in [4.78, 5) is 20.5. The van der Waals surface area contributed by atoms with Crippen LogP contribution in [0.1, 0.15) is 55.3 Å². The summed E-state index contributed by atoms with van der Waals surface area (Å²) >= 11 is 0. The highest BCUT2D eigenvalue weighted by Gasteiger charge is 2.15. The molecule has 1 heterocycles. The lowest BCUT2D eigenvalue weighted by molar-refractivity contribution is 0.0930. The number of para-hydroxylation sites is 2. The van der Waals surface area contributed by atoms with Gasteiger partial charge in [0, 0.05) is 17.2 Å². The summed E-state index contributed by atoms with van der Waals surface area (Å²) in [6.45, 7) is 0.